The summed E-state index contributed by atoms with van der Waals surface area (Å²) in [5.41, 5.74) is 0.696. The lowest BCUT2D eigenvalue weighted by Gasteiger charge is -2.38. The molecule has 0 aromatic heterocycles. The van der Waals surface area contributed by atoms with Gasteiger partial charge in [-0.2, -0.15) is 0 Å². The molecule has 1 saturated heterocycles. The van der Waals surface area contributed by atoms with Gasteiger partial charge in [0.25, 0.3) is 0 Å². The van der Waals surface area contributed by atoms with Crippen molar-refractivity contribution >= 4 is 11.9 Å². The van der Waals surface area contributed by atoms with Gasteiger partial charge >= 0.3 is 11.9 Å². The van der Waals surface area contributed by atoms with Gasteiger partial charge in [-0.05, 0) is 17.7 Å². The van der Waals surface area contributed by atoms with Crippen LogP contribution in [0.25, 0.3) is 0 Å². The van der Waals surface area contributed by atoms with Gasteiger partial charge in [0.1, 0.15) is 30.7 Å². The molecule has 1 aromatic carbocycles. The van der Waals surface area contributed by atoms with Crippen molar-refractivity contribution in [2.75, 3.05) is 0 Å². The lowest BCUT2D eigenvalue weighted by Crippen LogP contribution is -2.61. The topological polar surface area (TPSA) is 143 Å². The Morgan fingerprint density at radius 3 is 2.25 bits per heavy atom. The van der Waals surface area contributed by atoms with Crippen molar-refractivity contribution in [2.45, 2.75) is 44.2 Å². The summed E-state index contributed by atoms with van der Waals surface area (Å²) in [6.07, 6.45) is -8.33. The van der Waals surface area contributed by atoms with Gasteiger partial charge in [0.15, 0.2) is 6.10 Å². The van der Waals surface area contributed by atoms with E-state index in [1.54, 1.807) is 12.1 Å². The maximum atomic E-state index is 11.0. The highest BCUT2D eigenvalue weighted by Crippen LogP contribution is 2.24. The lowest BCUT2D eigenvalue weighted by atomic mass is 9.99. The van der Waals surface area contributed by atoms with Gasteiger partial charge in [0.05, 0.1) is 0 Å². The number of carbonyl (C=O) groups is 2. The van der Waals surface area contributed by atoms with Crippen molar-refractivity contribution in [3.63, 3.8) is 0 Å². The highest BCUT2D eigenvalue weighted by molar-refractivity contribution is 5.73. The number of carbonyl (C=O) groups excluding carboxylic acids is 1. The minimum Gasteiger partial charge on any atom is -0.479 e. The summed E-state index contributed by atoms with van der Waals surface area (Å²) in [6.45, 7) is 1.38. The molecule has 9 heteroatoms. The predicted molar refractivity (Wildman–Crippen MR) is 76.9 cm³/mol. The molecular weight excluding hydrogens is 324 g/mol. The van der Waals surface area contributed by atoms with Crippen LogP contribution in [0.15, 0.2) is 24.3 Å². The second-order valence-electron chi connectivity index (χ2n) is 5.28. The van der Waals surface area contributed by atoms with Gasteiger partial charge < -0.3 is 34.6 Å². The zero-order valence-electron chi connectivity index (χ0n) is 12.7. The number of hydrogen-bond donors (Lipinski definition) is 4. The lowest BCUT2D eigenvalue weighted by molar-refractivity contribution is -0.271. The minimum absolute atomic E-state index is 0.0875. The van der Waals surface area contributed by atoms with Crippen LogP contribution in [0.4, 0.5) is 0 Å². The van der Waals surface area contributed by atoms with Gasteiger partial charge in [-0.3, -0.25) is 4.79 Å². The number of carboxylic acid groups (broad SMARTS) is 1. The van der Waals surface area contributed by atoms with E-state index in [-0.39, 0.29) is 12.4 Å². The van der Waals surface area contributed by atoms with Crippen LogP contribution < -0.4 is 4.74 Å². The SMILES string of the molecule is CC(=O)OCc1ccc(O[C@@H]2O[C@H](C(=O)O)[C@@H](O)[C@H](O)[C@H]2O)cc1. The molecule has 1 heterocycles. The van der Waals surface area contributed by atoms with E-state index >= 15 is 0 Å². The first kappa shape index (κ1) is 18.1. The normalized spacial score (nSPS) is 29.8. The number of rotatable bonds is 5. The third-order valence-electron chi connectivity index (χ3n) is 3.43. The molecule has 2 rings (SSSR count). The Hall–Kier alpha value is -2.20. The number of esters is 1. The molecule has 9 nitrogen and oxygen atoms in total. The van der Waals surface area contributed by atoms with Crippen molar-refractivity contribution in [3.8, 4) is 5.75 Å². The second-order valence-corrected chi connectivity index (χ2v) is 5.28. The summed E-state index contributed by atoms with van der Waals surface area (Å²) in [5.74, 6) is -1.67. The molecule has 0 bridgehead atoms. The van der Waals surface area contributed by atoms with E-state index in [4.69, 9.17) is 19.3 Å². The Labute approximate surface area is 137 Å². The molecule has 1 aliphatic rings. The monoisotopic (exact) mass is 342 g/mol. The molecular formula is C15H18O9. The van der Waals surface area contributed by atoms with Crippen molar-refractivity contribution in [2.24, 2.45) is 0 Å². The van der Waals surface area contributed by atoms with Gasteiger partial charge in [0.2, 0.25) is 6.29 Å². The maximum absolute atomic E-state index is 11.0. The highest BCUT2D eigenvalue weighted by Gasteiger charge is 2.48. The van der Waals surface area contributed by atoms with Crippen LogP contribution in [0, 0.1) is 0 Å². The fourth-order valence-corrected chi connectivity index (χ4v) is 2.13. The molecule has 4 N–H and O–H groups in total. The summed E-state index contributed by atoms with van der Waals surface area (Å²) in [6, 6.07) is 6.21. The van der Waals surface area contributed by atoms with Crippen LogP contribution in [0.2, 0.25) is 0 Å². The van der Waals surface area contributed by atoms with Gasteiger partial charge in [-0.15, -0.1) is 0 Å². The van der Waals surface area contributed by atoms with Crippen LogP contribution in [-0.2, 0) is 25.7 Å². The summed E-state index contributed by atoms with van der Waals surface area (Å²) < 4.78 is 15.2. The summed E-state index contributed by atoms with van der Waals surface area (Å²) in [7, 11) is 0. The Morgan fingerprint density at radius 1 is 1.08 bits per heavy atom. The highest BCUT2D eigenvalue weighted by atomic mass is 16.7. The number of aliphatic hydroxyl groups excluding tert-OH is 3. The third-order valence-corrected chi connectivity index (χ3v) is 3.43. The van der Waals surface area contributed by atoms with E-state index in [9.17, 15) is 24.9 Å². The Kier molecular flexibility index (Phi) is 5.73. The van der Waals surface area contributed by atoms with Gasteiger partial charge in [-0.25, -0.2) is 4.79 Å². The van der Waals surface area contributed by atoms with E-state index in [1.165, 1.54) is 19.1 Å². The van der Waals surface area contributed by atoms with Crippen molar-refractivity contribution in [1.29, 1.82) is 0 Å². The van der Waals surface area contributed by atoms with Crippen LogP contribution in [0.5, 0.6) is 5.75 Å². The summed E-state index contributed by atoms with van der Waals surface area (Å²) in [4.78, 5) is 21.8. The van der Waals surface area contributed by atoms with Crippen molar-refractivity contribution < 1.29 is 44.2 Å². The smallest absolute Gasteiger partial charge is 0.335 e. The molecule has 1 fully saturated rings. The molecule has 24 heavy (non-hydrogen) atoms. The molecule has 0 spiro atoms. The average Bonchev–Trinajstić information content (AvgIpc) is 2.54. The Balaban J connectivity index is 2.03. The van der Waals surface area contributed by atoms with Gasteiger partial charge in [-0.1, -0.05) is 12.1 Å². The van der Waals surface area contributed by atoms with Crippen molar-refractivity contribution in [1.82, 2.24) is 0 Å². The number of benzene rings is 1. The zero-order chi connectivity index (χ0) is 17.9. The zero-order valence-corrected chi connectivity index (χ0v) is 12.7. The second kappa shape index (κ2) is 7.58. The number of aliphatic carboxylic acids is 1. The predicted octanol–water partition coefficient (Wildman–Crippen LogP) is -0.979. The van der Waals surface area contributed by atoms with E-state index in [0.29, 0.717) is 5.56 Å². The van der Waals surface area contributed by atoms with E-state index in [2.05, 4.69) is 0 Å². The fourth-order valence-electron chi connectivity index (χ4n) is 2.13. The largest absolute Gasteiger partial charge is 0.479 e. The van der Waals surface area contributed by atoms with Crippen LogP contribution in [-0.4, -0.2) is 63.1 Å². The molecule has 0 amide bonds. The Bertz CT molecular complexity index is 585. The average molecular weight is 342 g/mol. The van der Waals surface area contributed by atoms with Crippen molar-refractivity contribution in [3.05, 3.63) is 29.8 Å². The summed E-state index contributed by atoms with van der Waals surface area (Å²) >= 11 is 0. The molecule has 0 saturated carbocycles. The number of ether oxygens (including phenoxy) is 3. The minimum atomic E-state index is -1.77. The first-order valence-electron chi connectivity index (χ1n) is 7.11. The van der Waals surface area contributed by atoms with Crippen LogP contribution in [0.3, 0.4) is 0 Å². The fraction of sp³-hybridized carbons (Fsp3) is 0.467. The number of aliphatic hydroxyl groups is 3. The van der Waals surface area contributed by atoms with Gasteiger partial charge in [0, 0.05) is 6.92 Å². The first-order chi connectivity index (χ1) is 11.3. The Morgan fingerprint density at radius 2 is 1.71 bits per heavy atom. The number of carboxylic acids is 1. The van der Waals surface area contributed by atoms with E-state index in [1.807, 2.05) is 0 Å². The van der Waals surface area contributed by atoms with E-state index in [0.717, 1.165) is 0 Å². The molecule has 1 aliphatic heterocycles. The molecule has 0 aliphatic carbocycles. The molecule has 0 radical (unpaired) electrons. The van der Waals surface area contributed by atoms with Crippen LogP contribution >= 0.6 is 0 Å². The molecule has 132 valence electrons. The van der Waals surface area contributed by atoms with E-state index < -0.39 is 42.6 Å². The first-order valence-corrected chi connectivity index (χ1v) is 7.11. The molecule has 0 unspecified atom stereocenters. The van der Waals surface area contributed by atoms with Crippen LogP contribution in [0.1, 0.15) is 12.5 Å². The standard InChI is InChI=1S/C15H18O9/c1-7(16)22-6-8-2-4-9(5-3-8)23-15-12(19)10(17)11(18)13(24-15)14(20)21/h2-5,10-13,15,17-19H,6H2,1H3,(H,20,21)/t10-,11-,12+,13-,15+/m0/s1. The quantitative estimate of drug-likeness (QED) is 0.496. The summed E-state index contributed by atoms with van der Waals surface area (Å²) in [5, 5.41) is 38.1. The molecule has 5 atom stereocenters. The number of hydrogen-bond acceptors (Lipinski definition) is 8. The molecule has 1 aromatic rings. The third kappa shape index (κ3) is 4.20. The maximum Gasteiger partial charge on any atom is 0.335 e.